The van der Waals surface area contributed by atoms with Crippen LogP contribution in [0.3, 0.4) is 0 Å². The maximum Gasteiger partial charge on any atom is 0.397 e. The van der Waals surface area contributed by atoms with Gasteiger partial charge in [-0.15, -0.1) is 0 Å². The SMILES string of the molecule is O=S(=O)(O)O[C@H](CO)[C@@H](O)C[S+]1C[C@@H](O)[C@@H](O)C1. The summed E-state index contributed by atoms with van der Waals surface area (Å²) in [6.45, 7) is -0.775. The molecule has 1 aliphatic heterocycles. The average Bonchev–Trinajstić information content (AvgIpc) is 2.53. The molecule has 0 aromatic rings. The molecule has 0 aromatic heterocycles. The Morgan fingerprint density at radius 2 is 1.78 bits per heavy atom. The molecule has 0 aliphatic carbocycles. The fourth-order valence-corrected chi connectivity index (χ4v) is 4.65. The van der Waals surface area contributed by atoms with Crippen molar-refractivity contribution in [3.05, 3.63) is 0 Å². The maximum atomic E-state index is 10.5. The number of aliphatic hydroxyl groups excluding tert-OH is 4. The van der Waals surface area contributed by atoms with Crippen molar-refractivity contribution in [1.29, 1.82) is 0 Å². The fourth-order valence-electron chi connectivity index (χ4n) is 1.63. The molecule has 1 aliphatic rings. The molecule has 1 rings (SSSR count). The third-order valence-corrected chi connectivity index (χ3v) is 5.45. The molecule has 108 valence electrons. The third kappa shape index (κ3) is 4.97. The molecule has 0 saturated carbocycles. The van der Waals surface area contributed by atoms with Crippen LogP contribution in [-0.4, -0.2) is 81.7 Å². The lowest BCUT2D eigenvalue weighted by Crippen LogP contribution is -2.39. The van der Waals surface area contributed by atoms with Gasteiger partial charge in [-0.3, -0.25) is 4.55 Å². The van der Waals surface area contributed by atoms with Gasteiger partial charge < -0.3 is 20.4 Å². The maximum absolute atomic E-state index is 10.5. The Balaban J connectivity index is 2.50. The Hall–Kier alpha value is 0.0600. The van der Waals surface area contributed by atoms with E-state index in [9.17, 15) is 23.7 Å². The first-order chi connectivity index (χ1) is 8.23. The zero-order valence-electron chi connectivity index (χ0n) is 9.42. The van der Waals surface area contributed by atoms with Crippen LogP contribution in [-0.2, 0) is 25.5 Å². The van der Waals surface area contributed by atoms with Crippen molar-refractivity contribution in [3.63, 3.8) is 0 Å². The molecule has 1 heterocycles. The summed E-state index contributed by atoms with van der Waals surface area (Å²) in [5.41, 5.74) is 0. The summed E-state index contributed by atoms with van der Waals surface area (Å²) in [5.74, 6) is 0.694. The van der Waals surface area contributed by atoms with E-state index in [1.54, 1.807) is 0 Å². The van der Waals surface area contributed by atoms with Crippen molar-refractivity contribution < 1.29 is 37.6 Å². The minimum atomic E-state index is -4.75. The first-order valence-electron chi connectivity index (χ1n) is 5.17. The molecule has 8 nitrogen and oxygen atoms in total. The highest BCUT2D eigenvalue weighted by Crippen LogP contribution is 2.18. The van der Waals surface area contributed by atoms with Crippen molar-refractivity contribution in [2.24, 2.45) is 0 Å². The van der Waals surface area contributed by atoms with E-state index < -0.39 is 52.3 Å². The van der Waals surface area contributed by atoms with Gasteiger partial charge in [-0.05, 0) is 10.9 Å². The lowest BCUT2D eigenvalue weighted by molar-refractivity contribution is 0.0114. The predicted octanol–water partition coefficient (Wildman–Crippen LogP) is -3.12. The lowest BCUT2D eigenvalue weighted by atomic mass is 10.2. The van der Waals surface area contributed by atoms with E-state index in [2.05, 4.69) is 4.18 Å². The van der Waals surface area contributed by atoms with Gasteiger partial charge in [0, 0.05) is 0 Å². The first-order valence-corrected chi connectivity index (χ1v) is 8.27. The topological polar surface area (TPSA) is 145 Å². The minimum Gasteiger partial charge on any atom is -0.394 e. The van der Waals surface area contributed by atoms with Crippen LogP contribution in [0, 0.1) is 0 Å². The van der Waals surface area contributed by atoms with E-state index in [0.717, 1.165) is 0 Å². The number of hydrogen-bond donors (Lipinski definition) is 5. The molecule has 1 saturated heterocycles. The smallest absolute Gasteiger partial charge is 0.394 e. The summed E-state index contributed by atoms with van der Waals surface area (Å²) in [6, 6.07) is 0. The van der Waals surface area contributed by atoms with E-state index in [1.807, 2.05) is 0 Å². The third-order valence-electron chi connectivity index (χ3n) is 2.52. The van der Waals surface area contributed by atoms with Gasteiger partial charge in [0.1, 0.15) is 41.7 Å². The Bertz CT molecular complexity index is 348. The van der Waals surface area contributed by atoms with Gasteiger partial charge in [-0.1, -0.05) is 0 Å². The number of aliphatic hydroxyl groups is 4. The highest BCUT2D eigenvalue weighted by molar-refractivity contribution is 7.97. The zero-order chi connectivity index (χ0) is 13.9. The highest BCUT2D eigenvalue weighted by atomic mass is 32.3. The number of hydrogen-bond acceptors (Lipinski definition) is 7. The van der Waals surface area contributed by atoms with Crippen molar-refractivity contribution in [1.82, 2.24) is 0 Å². The van der Waals surface area contributed by atoms with E-state index in [4.69, 9.17) is 9.66 Å². The quantitative estimate of drug-likeness (QED) is 0.256. The molecule has 0 radical (unpaired) electrons. The molecule has 0 bridgehead atoms. The summed E-state index contributed by atoms with van der Waals surface area (Å²) in [4.78, 5) is 0. The van der Waals surface area contributed by atoms with Crippen LogP contribution in [0.2, 0.25) is 0 Å². The Kier molecular flexibility index (Phi) is 5.80. The Labute approximate surface area is 108 Å². The second-order valence-corrected chi connectivity index (χ2v) is 7.33. The van der Waals surface area contributed by atoms with Gasteiger partial charge in [0.05, 0.1) is 6.61 Å². The van der Waals surface area contributed by atoms with Crippen LogP contribution in [0.25, 0.3) is 0 Å². The van der Waals surface area contributed by atoms with E-state index in [1.165, 1.54) is 0 Å². The molecule has 0 spiro atoms. The van der Waals surface area contributed by atoms with Crippen molar-refractivity contribution in [2.45, 2.75) is 24.4 Å². The van der Waals surface area contributed by atoms with Gasteiger partial charge in [-0.25, -0.2) is 4.18 Å². The second kappa shape index (κ2) is 6.48. The predicted molar refractivity (Wildman–Crippen MR) is 63.5 cm³/mol. The second-order valence-electron chi connectivity index (χ2n) is 4.06. The molecule has 1 unspecified atom stereocenters. The van der Waals surface area contributed by atoms with Crippen LogP contribution >= 0.6 is 0 Å². The summed E-state index contributed by atoms with van der Waals surface area (Å²) in [6.07, 6.45) is -4.47. The molecule has 0 amide bonds. The molecule has 5 N–H and O–H groups in total. The van der Waals surface area contributed by atoms with Gasteiger partial charge in [0.25, 0.3) is 0 Å². The summed E-state index contributed by atoms with van der Waals surface area (Å²) in [5, 5.41) is 37.2. The summed E-state index contributed by atoms with van der Waals surface area (Å²) in [7, 11) is -5.24. The van der Waals surface area contributed by atoms with Crippen LogP contribution in [0.4, 0.5) is 0 Å². The van der Waals surface area contributed by atoms with Gasteiger partial charge in [0.15, 0.2) is 0 Å². The van der Waals surface area contributed by atoms with E-state index in [0.29, 0.717) is 11.5 Å². The zero-order valence-corrected chi connectivity index (χ0v) is 11.0. The Morgan fingerprint density at radius 1 is 1.28 bits per heavy atom. The minimum absolute atomic E-state index is 0.0782. The molecule has 10 heteroatoms. The van der Waals surface area contributed by atoms with Gasteiger partial charge in [-0.2, -0.15) is 8.42 Å². The molecule has 18 heavy (non-hydrogen) atoms. The molecule has 5 atom stereocenters. The molecule has 0 aromatic carbocycles. The number of rotatable bonds is 6. The first kappa shape index (κ1) is 16.1. The summed E-state index contributed by atoms with van der Waals surface area (Å²) < 4.78 is 33.5. The largest absolute Gasteiger partial charge is 0.397 e. The average molecular weight is 305 g/mol. The van der Waals surface area contributed by atoms with Crippen LogP contribution in [0.5, 0.6) is 0 Å². The van der Waals surface area contributed by atoms with E-state index >= 15 is 0 Å². The van der Waals surface area contributed by atoms with Crippen LogP contribution in [0.1, 0.15) is 0 Å². The summed E-state index contributed by atoms with van der Waals surface area (Å²) >= 11 is 0. The van der Waals surface area contributed by atoms with Crippen LogP contribution in [0.15, 0.2) is 0 Å². The van der Waals surface area contributed by atoms with Crippen molar-refractivity contribution in [2.75, 3.05) is 23.9 Å². The normalized spacial score (nSPS) is 32.4. The molecule has 1 fully saturated rings. The van der Waals surface area contributed by atoms with E-state index in [-0.39, 0.29) is 5.75 Å². The van der Waals surface area contributed by atoms with Gasteiger partial charge >= 0.3 is 10.4 Å². The fraction of sp³-hybridized carbons (Fsp3) is 1.00. The lowest BCUT2D eigenvalue weighted by Gasteiger charge is -2.18. The van der Waals surface area contributed by atoms with Crippen molar-refractivity contribution >= 4 is 21.3 Å². The molecular formula is C8H17O8S2+. The van der Waals surface area contributed by atoms with Gasteiger partial charge in [0.2, 0.25) is 0 Å². The highest BCUT2D eigenvalue weighted by Gasteiger charge is 2.42. The Morgan fingerprint density at radius 3 is 2.17 bits per heavy atom. The monoisotopic (exact) mass is 305 g/mol. The standard InChI is InChI=1S/C8H16O8S2/c9-1-8(16-18(13,14)15)7(12)4-17-2-5(10)6(11)3-17/h5-12H,1-4H2/p+1/t5-,6+,7-,8+,17?/m0/s1. The van der Waals surface area contributed by atoms with Crippen molar-refractivity contribution in [3.8, 4) is 0 Å². The van der Waals surface area contributed by atoms with Crippen LogP contribution < -0.4 is 0 Å². The molecular weight excluding hydrogens is 288 g/mol.